The Kier molecular flexibility index (Phi) is 4.56. The van der Waals surface area contributed by atoms with Crippen LogP contribution in [0.4, 0.5) is 0 Å². The van der Waals surface area contributed by atoms with Gasteiger partial charge in [0.15, 0.2) is 0 Å². The smallest absolute Gasteiger partial charge is 0.120 e. The average molecular weight is 272 g/mol. The van der Waals surface area contributed by atoms with E-state index in [0.29, 0.717) is 5.56 Å². The highest BCUT2D eigenvalue weighted by Gasteiger charge is 2.10. The number of nitrogens with zero attached hydrogens (tertiary/aromatic N) is 1. The van der Waals surface area contributed by atoms with E-state index >= 15 is 0 Å². The van der Waals surface area contributed by atoms with E-state index in [0.717, 1.165) is 18.5 Å². The van der Waals surface area contributed by atoms with Gasteiger partial charge < -0.3 is 10.4 Å². The number of benzene rings is 1. The number of hydrogen-bond donors (Lipinski definition) is 2. The van der Waals surface area contributed by atoms with Crippen LogP contribution in [-0.4, -0.2) is 11.7 Å². The largest absolute Gasteiger partial charge is 0.508 e. The Hall–Kier alpha value is -1.83. The normalized spacial score (nSPS) is 12.0. The lowest BCUT2D eigenvalue weighted by Gasteiger charge is -2.15. The van der Waals surface area contributed by atoms with Crippen molar-refractivity contribution in [3.63, 3.8) is 0 Å². The van der Waals surface area contributed by atoms with Crippen LogP contribution < -0.4 is 5.32 Å². The minimum Gasteiger partial charge on any atom is -0.508 e. The molecule has 2 N–H and O–H groups in total. The molecule has 4 heteroatoms. The van der Waals surface area contributed by atoms with E-state index in [4.69, 9.17) is 5.26 Å². The third kappa shape index (κ3) is 3.57. The van der Waals surface area contributed by atoms with E-state index in [1.165, 1.54) is 4.88 Å². The SMILES string of the molecule is CC(NCCc1cccs1)c1cc(C#N)ccc1O. The van der Waals surface area contributed by atoms with Gasteiger partial charge in [-0.05, 0) is 43.0 Å². The highest BCUT2D eigenvalue weighted by molar-refractivity contribution is 7.09. The molecule has 0 aliphatic carbocycles. The van der Waals surface area contributed by atoms with Crippen LogP contribution in [0.5, 0.6) is 5.75 Å². The van der Waals surface area contributed by atoms with Crippen LogP contribution in [0.2, 0.25) is 0 Å². The highest BCUT2D eigenvalue weighted by atomic mass is 32.1. The van der Waals surface area contributed by atoms with Gasteiger partial charge in [-0.3, -0.25) is 0 Å². The van der Waals surface area contributed by atoms with Gasteiger partial charge in [0, 0.05) is 23.0 Å². The maximum absolute atomic E-state index is 9.84. The molecule has 19 heavy (non-hydrogen) atoms. The summed E-state index contributed by atoms with van der Waals surface area (Å²) in [5.74, 6) is 0.232. The van der Waals surface area contributed by atoms with Gasteiger partial charge >= 0.3 is 0 Å². The summed E-state index contributed by atoms with van der Waals surface area (Å²) >= 11 is 1.75. The second-order valence-electron chi connectivity index (χ2n) is 4.39. The number of nitrogens with one attached hydrogen (secondary N) is 1. The van der Waals surface area contributed by atoms with Crippen LogP contribution >= 0.6 is 11.3 Å². The molecule has 0 saturated carbocycles. The Morgan fingerprint density at radius 2 is 2.26 bits per heavy atom. The Balaban J connectivity index is 1.96. The molecule has 1 heterocycles. The lowest BCUT2D eigenvalue weighted by Crippen LogP contribution is -2.21. The zero-order valence-corrected chi connectivity index (χ0v) is 11.6. The molecule has 1 aromatic carbocycles. The summed E-state index contributed by atoms with van der Waals surface area (Å²) in [6, 6.07) is 11.2. The third-order valence-electron chi connectivity index (χ3n) is 3.03. The molecular formula is C15H16N2OS. The molecule has 3 nitrogen and oxygen atoms in total. The van der Waals surface area contributed by atoms with Gasteiger partial charge in [-0.1, -0.05) is 6.07 Å². The topological polar surface area (TPSA) is 56.0 Å². The molecular weight excluding hydrogens is 256 g/mol. The molecule has 2 rings (SSSR count). The fourth-order valence-corrected chi connectivity index (χ4v) is 2.66. The van der Waals surface area contributed by atoms with Crippen molar-refractivity contribution >= 4 is 11.3 Å². The Morgan fingerprint density at radius 1 is 1.42 bits per heavy atom. The molecule has 98 valence electrons. The number of rotatable bonds is 5. The van der Waals surface area contributed by atoms with Gasteiger partial charge in [0.2, 0.25) is 0 Å². The fraction of sp³-hybridized carbons (Fsp3) is 0.267. The zero-order chi connectivity index (χ0) is 13.7. The summed E-state index contributed by atoms with van der Waals surface area (Å²) in [6.07, 6.45) is 0.973. The summed E-state index contributed by atoms with van der Waals surface area (Å²) in [4.78, 5) is 1.34. The zero-order valence-electron chi connectivity index (χ0n) is 10.8. The van der Waals surface area contributed by atoms with Gasteiger partial charge in [-0.25, -0.2) is 0 Å². The summed E-state index contributed by atoms with van der Waals surface area (Å²) in [7, 11) is 0. The Bertz CT molecular complexity index is 572. The van der Waals surface area contributed by atoms with Crippen molar-refractivity contribution in [1.29, 1.82) is 5.26 Å². The van der Waals surface area contributed by atoms with Gasteiger partial charge in [-0.2, -0.15) is 5.26 Å². The van der Waals surface area contributed by atoms with E-state index in [-0.39, 0.29) is 11.8 Å². The van der Waals surface area contributed by atoms with Crippen LogP contribution in [0.15, 0.2) is 35.7 Å². The van der Waals surface area contributed by atoms with E-state index in [9.17, 15) is 5.11 Å². The summed E-state index contributed by atoms with van der Waals surface area (Å²) in [5, 5.41) is 24.2. The van der Waals surface area contributed by atoms with Crippen LogP contribution in [0.1, 0.15) is 29.0 Å². The number of nitriles is 1. The standard InChI is InChI=1S/C15H16N2OS/c1-11(17-7-6-13-3-2-8-19-13)14-9-12(10-16)4-5-15(14)18/h2-5,8-9,11,17-18H,6-7H2,1H3. The van der Waals surface area contributed by atoms with Crippen molar-refractivity contribution in [2.24, 2.45) is 0 Å². The molecule has 1 aromatic heterocycles. The van der Waals surface area contributed by atoms with Crippen molar-refractivity contribution in [2.45, 2.75) is 19.4 Å². The maximum atomic E-state index is 9.84. The summed E-state index contributed by atoms with van der Waals surface area (Å²) in [6.45, 7) is 2.84. The Morgan fingerprint density at radius 3 is 2.95 bits per heavy atom. The van der Waals surface area contributed by atoms with Gasteiger partial charge in [0.1, 0.15) is 5.75 Å². The monoisotopic (exact) mass is 272 g/mol. The minimum atomic E-state index is 0.0215. The van der Waals surface area contributed by atoms with E-state index in [1.807, 2.05) is 13.0 Å². The van der Waals surface area contributed by atoms with Gasteiger partial charge in [-0.15, -0.1) is 11.3 Å². The highest BCUT2D eigenvalue weighted by Crippen LogP contribution is 2.24. The molecule has 0 bridgehead atoms. The second kappa shape index (κ2) is 6.37. The van der Waals surface area contributed by atoms with Crippen LogP contribution in [0.3, 0.4) is 0 Å². The van der Waals surface area contributed by atoms with E-state index < -0.39 is 0 Å². The van der Waals surface area contributed by atoms with Crippen molar-refractivity contribution in [1.82, 2.24) is 5.32 Å². The molecule has 1 unspecified atom stereocenters. The molecule has 0 radical (unpaired) electrons. The molecule has 2 aromatic rings. The van der Waals surface area contributed by atoms with Gasteiger partial charge in [0.25, 0.3) is 0 Å². The lowest BCUT2D eigenvalue weighted by atomic mass is 10.0. The van der Waals surface area contributed by atoms with E-state index in [2.05, 4.69) is 22.8 Å². The predicted molar refractivity (Wildman–Crippen MR) is 77.3 cm³/mol. The van der Waals surface area contributed by atoms with Crippen LogP contribution in [0.25, 0.3) is 0 Å². The maximum Gasteiger partial charge on any atom is 0.120 e. The first-order valence-corrected chi connectivity index (χ1v) is 7.07. The number of phenolic OH excluding ortho intramolecular Hbond substituents is 1. The number of aromatic hydroxyl groups is 1. The molecule has 0 aliphatic rings. The second-order valence-corrected chi connectivity index (χ2v) is 5.42. The Labute approximate surface area is 117 Å². The van der Waals surface area contributed by atoms with Crippen LogP contribution in [-0.2, 0) is 6.42 Å². The first-order chi connectivity index (χ1) is 9.20. The number of thiophene rings is 1. The molecule has 0 fully saturated rings. The summed E-state index contributed by atoms with van der Waals surface area (Å²) < 4.78 is 0. The lowest BCUT2D eigenvalue weighted by molar-refractivity contribution is 0.453. The first-order valence-electron chi connectivity index (χ1n) is 6.19. The average Bonchev–Trinajstić information content (AvgIpc) is 2.92. The number of phenols is 1. The molecule has 0 saturated heterocycles. The molecule has 0 aliphatic heterocycles. The first kappa shape index (κ1) is 13.6. The van der Waals surface area contributed by atoms with Crippen LogP contribution in [0, 0.1) is 11.3 Å². The number of hydrogen-bond acceptors (Lipinski definition) is 4. The fourth-order valence-electron chi connectivity index (χ4n) is 1.95. The van der Waals surface area contributed by atoms with E-state index in [1.54, 1.807) is 29.5 Å². The molecule has 0 amide bonds. The van der Waals surface area contributed by atoms with Crippen molar-refractivity contribution in [3.8, 4) is 11.8 Å². The molecule has 1 atom stereocenters. The summed E-state index contributed by atoms with van der Waals surface area (Å²) in [5.41, 5.74) is 1.34. The van der Waals surface area contributed by atoms with Crippen molar-refractivity contribution in [3.05, 3.63) is 51.7 Å². The van der Waals surface area contributed by atoms with Gasteiger partial charge in [0.05, 0.1) is 11.6 Å². The quantitative estimate of drug-likeness (QED) is 0.878. The van der Waals surface area contributed by atoms with Crippen molar-refractivity contribution < 1.29 is 5.11 Å². The predicted octanol–water partition coefficient (Wildman–Crippen LogP) is 3.22. The molecule has 0 spiro atoms. The third-order valence-corrected chi connectivity index (χ3v) is 3.96. The van der Waals surface area contributed by atoms with Crippen molar-refractivity contribution in [2.75, 3.05) is 6.54 Å². The minimum absolute atomic E-state index is 0.0215.